The van der Waals surface area contributed by atoms with Crippen LogP contribution in [0.1, 0.15) is 16.2 Å². The van der Waals surface area contributed by atoms with Crippen LogP contribution in [-0.4, -0.2) is 47.2 Å². The Bertz CT molecular complexity index is 849. The van der Waals surface area contributed by atoms with E-state index in [9.17, 15) is 4.79 Å². The minimum atomic E-state index is -0.187. The Morgan fingerprint density at radius 1 is 1.33 bits per heavy atom. The van der Waals surface area contributed by atoms with E-state index < -0.39 is 0 Å². The van der Waals surface area contributed by atoms with Crippen LogP contribution in [0.15, 0.2) is 35.3 Å². The van der Waals surface area contributed by atoms with Gasteiger partial charge in [0.25, 0.3) is 5.91 Å². The molecule has 0 bridgehead atoms. The molecule has 8 nitrogen and oxygen atoms in total. The molecule has 0 radical (unpaired) electrons. The van der Waals surface area contributed by atoms with Gasteiger partial charge in [0.2, 0.25) is 0 Å². The van der Waals surface area contributed by atoms with Crippen LogP contribution in [0.4, 0.5) is 0 Å². The Balaban J connectivity index is 1.68. The van der Waals surface area contributed by atoms with Crippen LogP contribution in [0.25, 0.3) is 0 Å². The summed E-state index contributed by atoms with van der Waals surface area (Å²) in [7, 11) is 3.49. The van der Waals surface area contributed by atoms with Crippen molar-refractivity contribution in [1.82, 2.24) is 34.2 Å². The van der Waals surface area contributed by atoms with Gasteiger partial charge in [-0.2, -0.15) is 15.3 Å². The Morgan fingerprint density at radius 3 is 2.75 bits per heavy atom. The van der Waals surface area contributed by atoms with Gasteiger partial charge in [-0.15, -0.1) is 0 Å². The molecule has 0 atom stereocenters. The van der Waals surface area contributed by atoms with Crippen molar-refractivity contribution in [1.29, 1.82) is 0 Å². The monoisotopic (exact) mass is 411 g/mol. The highest BCUT2D eigenvalue weighted by Gasteiger charge is 2.18. The molecule has 0 spiro atoms. The molecule has 3 aromatic rings. The standard InChI is InChI=1S/C14H15BrClN7O/c1-20(8-13-11(16)6-17-21(13)2)14(24)12-3-4-22(19-12)9-23-7-10(15)5-18-23/h3-7H,8-9H2,1-2H3. The zero-order chi connectivity index (χ0) is 17.3. The van der Waals surface area contributed by atoms with Crippen LogP contribution in [0.2, 0.25) is 5.02 Å². The van der Waals surface area contributed by atoms with E-state index in [0.29, 0.717) is 23.9 Å². The molecule has 24 heavy (non-hydrogen) atoms. The molecule has 0 aliphatic rings. The van der Waals surface area contributed by atoms with Crippen LogP contribution in [-0.2, 0) is 20.3 Å². The molecule has 0 saturated heterocycles. The summed E-state index contributed by atoms with van der Waals surface area (Å²) < 4.78 is 5.90. The lowest BCUT2D eigenvalue weighted by Crippen LogP contribution is -2.28. The Labute approximate surface area is 151 Å². The highest BCUT2D eigenvalue weighted by Crippen LogP contribution is 2.16. The summed E-state index contributed by atoms with van der Waals surface area (Å²) in [6.45, 7) is 0.781. The molecule has 126 valence electrons. The number of hydrogen-bond acceptors (Lipinski definition) is 4. The van der Waals surface area contributed by atoms with Gasteiger partial charge >= 0.3 is 0 Å². The smallest absolute Gasteiger partial charge is 0.274 e. The first kappa shape index (κ1) is 16.7. The molecule has 0 unspecified atom stereocenters. The van der Waals surface area contributed by atoms with Gasteiger partial charge in [0.05, 0.1) is 34.1 Å². The number of carbonyl (C=O) groups excluding carboxylic acids is 1. The van der Waals surface area contributed by atoms with Gasteiger partial charge < -0.3 is 4.90 Å². The summed E-state index contributed by atoms with van der Waals surface area (Å²) in [4.78, 5) is 14.1. The van der Waals surface area contributed by atoms with Crippen molar-refractivity contribution >= 4 is 33.4 Å². The van der Waals surface area contributed by atoms with Crippen molar-refractivity contribution < 1.29 is 4.79 Å². The summed E-state index contributed by atoms with van der Waals surface area (Å²) in [5.41, 5.74) is 1.13. The van der Waals surface area contributed by atoms with Crippen molar-refractivity contribution in [3.63, 3.8) is 0 Å². The Hall–Kier alpha value is -2.13. The van der Waals surface area contributed by atoms with Gasteiger partial charge in [0.1, 0.15) is 12.4 Å². The molecular formula is C14H15BrClN7O. The first-order chi connectivity index (χ1) is 11.4. The third-order valence-electron chi connectivity index (χ3n) is 3.50. The molecular weight excluding hydrogens is 398 g/mol. The SMILES string of the molecule is CN(Cc1c(Cl)cnn1C)C(=O)c1ccn(Cn2cc(Br)cn2)n1. The number of aromatic nitrogens is 6. The number of halogens is 2. The lowest BCUT2D eigenvalue weighted by atomic mass is 10.3. The summed E-state index contributed by atoms with van der Waals surface area (Å²) in [6.07, 6.45) is 6.83. The van der Waals surface area contributed by atoms with E-state index in [1.54, 1.807) is 57.7 Å². The Morgan fingerprint density at radius 2 is 2.12 bits per heavy atom. The van der Waals surface area contributed by atoms with Crippen molar-refractivity contribution in [2.75, 3.05) is 7.05 Å². The molecule has 0 saturated carbocycles. The van der Waals surface area contributed by atoms with Gasteiger partial charge in [-0.05, 0) is 22.0 Å². The summed E-state index contributed by atoms with van der Waals surface area (Å²) in [5.74, 6) is -0.187. The van der Waals surface area contributed by atoms with Crippen molar-refractivity contribution in [3.8, 4) is 0 Å². The number of carbonyl (C=O) groups is 1. The van der Waals surface area contributed by atoms with E-state index in [-0.39, 0.29) is 5.91 Å². The summed E-state index contributed by atoms with van der Waals surface area (Å²) in [6, 6.07) is 1.68. The molecule has 3 heterocycles. The molecule has 0 N–H and O–H groups in total. The summed E-state index contributed by atoms with van der Waals surface area (Å²) >= 11 is 9.42. The maximum atomic E-state index is 12.5. The number of rotatable bonds is 5. The third kappa shape index (κ3) is 3.51. The topological polar surface area (TPSA) is 73.8 Å². The van der Waals surface area contributed by atoms with Gasteiger partial charge in [0, 0.05) is 26.5 Å². The fourth-order valence-electron chi connectivity index (χ4n) is 2.22. The van der Waals surface area contributed by atoms with E-state index >= 15 is 0 Å². The van der Waals surface area contributed by atoms with Gasteiger partial charge in [-0.25, -0.2) is 4.68 Å². The van der Waals surface area contributed by atoms with Crippen LogP contribution < -0.4 is 0 Å². The minimum absolute atomic E-state index is 0.187. The maximum absolute atomic E-state index is 12.5. The average molecular weight is 413 g/mol. The molecule has 0 aromatic carbocycles. The fraction of sp³-hybridized carbons (Fsp3) is 0.286. The van der Waals surface area contributed by atoms with Gasteiger partial charge in [-0.1, -0.05) is 11.6 Å². The molecule has 0 aliphatic carbocycles. The number of amides is 1. The van der Waals surface area contributed by atoms with Crippen LogP contribution in [0.5, 0.6) is 0 Å². The highest BCUT2D eigenvalue weighted by atomic mass is 79.9. The van der Waals surface area contributed by atoms with E-state index in [4.69, 9.17) is 11.6 Å². The zero-order valence-corrected chi connectivity index (χ0v) is 15.4. The molecule has 10 heteroatoms. The van der Waals surface area contributed by atoms with Gasteiger partial charge in [0.15, 0.2) is 0 Å². The van der Waals surface area contributed by atoms with Crippen molar-refractivity contribution in [2.24, 2.45) is 7.05 Å². The van der Waals surface area contributed by atoms with Crippen LogP contribution >= 0.6 is 27.5 Å². The quantitative estimate of drug-likeness (QED) is 0.642. The van der Waals surface area contributed by atoms with Crippen molar-refractivity contribution in [2.45, 2.75) is 13.2 Å². The van der Waals surface area contributed by atoms with E-state index in [1.807, 2.05) is 6.20 Å². The number of hydrogen-bond donors (Lipinski definition) is 0. The van der Waals surface area contributed by atoms with Crippen molar-refractivity contribution in [3.05, 3.63) is 51.7 Å². The normalized spacial score (nSPS) is 11.0. The van der Waals surface area contributed by atoms with Gasteiger partial charge in [-0.3, -0.25) is 14.2 Å². The second-order valence-electron chi connectivity index (χ2n) is 5.30. The Kier molecular flexibility index (Phi) is 4.72. The van der Waals surface area contributed by atoms with E-state index in [0.717, 1.165) is 10.2 Å². The lowest BCUT2D eigenvalue weighted by molar-refractivity contribution is 0.0775. The average Bonchev–Trinajstić information content (AvgIpc) is 3.24. The molecule has 3 rings (SSSR count). The molecule has 1 amide bonds. The van der Waals surface area contributed by atoms with E-state index in [1.165, 1.54) is 0 Å². The van der Waals surface area contributed by atoms with Crippen LogP contribution in [0, 0.1) is 0 Å². The molecule has 0 aliphatic heterocycles. The largest absolute Gasteiger partial charge is 0.334 e. The zero-order valence-electron chi connectivity index (χ0n) is 13.1. The molecule has 0 fully saturated rings. The minimum Gasteiger partial charge on any atom is -0.334 e. The highest BCUT2D eigenvalue weighted by molar-refractivity contribution is 9.10. The predicted octanol–water partition coefficient (Wildman–Crippen LogP) is 2.01. The number of aryl methyl sites for hydroxylation is 1. The van der Waals surface area contributed by atoms with Crippen LogP contribution in [0.3, 0.4) is 0 Å². The number of nitrogens with zero attached hydrogens (tertiary/aromatic N) is 7. The first-order valence-electron chi connectivity index (χ1n) is 7.07. The second kappa shape index (κ2) is 6.78. The first-order valence-corrected chi connectivity index (χ1v) is 8.24. The summed E-state index contributed by atoms with van der Waals surface area (Å²) in [5, 5.41) is 13.1. The fourth-order valence-corrected chi connectivity index (χ4v) is 2.78. The maximum Gasteiger partial charge on any atom is 0.274 e. The third-order valence-corrected chi connectivity index (χ3v) is 4.22. The predicted molar refractivity (Wildman–Crippen MR) is 91.6 cm³/mol. The second-order valence-corrected chi connectivity index (χ2v) is 6.63. The lowest BCUT2D eigenvalue weighted by Gasteiger charge is -2.16. The van der Waals surface area contributed by atoms with E-state index in [2.05, 4.69) is 31.2 Å². The molecule has 3 aromatic heterocycles.